The zero-order chi connectivity index (χ0) is 19.2. The quantitative estimate of drug-likeness (QED) is 0.574. The van der Waals surface area contributed by atoms with Crippen LogP contribution in [0.3, 0.4) is 0 Å². The fourth-order valence-corrected chi connectivity index (χ4v) is 2.77. The maximum atomic E-state index is 13.3. The van der Waals surface area contributed by atoms with Gasteiger partial charge in [-0.1, -0.05) is 29.8 Å². The SMILES string of the molecule is O=C(O)c1cccc(NCc2cc(Cl)ccc2OCc2cccc(F)c2)c1. The van der Waals surface area contributed by atoms with E-state index in [9.17, 15) is 9.18 Å². The molecule has 138 valence electrons. The second-order valence-electron chi connectivity index (χ2n) is 5.91. The van der Waals surface area contributed by atoms with E-state index >= 15 is 0 Å². The number of anilines is 1. The van der Waals surface area contributed by atoms with E-state index in [1.54, 1.807) is 48.5 Å². The van der Waals surface area contributed by atoms with Crippen LogP contribution in [0.1, 0.15) is 21.5 Å². The van der Waals surface area contributed by atoms with Gasteiger partial charge in [-0.3, -0.25) is 0 Å². The van der Waals surface area contributed by atoms with Crippen LogP contribution in [0.25, 0.3) is 0 Å². The largest absolute Gasteiger partial charge is 0.489 e. The molecule has 0 amide bonds. The van der Waals surface area contributed by atoms with Gasteiger partial charge in [-0.05, 0) is 54.1 Å². The number of hydrogen-bond donors (Lipinski definition) is 2. The molecule has 3 aromatic carbocycles. The monoisotopic (exact) mass is 385 g/mol. The molecule has 0 saturated heterocycles. The summed E-state index contributed by atoms with van der Waals surface area (Å²) >= 11 is 6.09. The number of halogens is 2. The number of ether oxygens (including phenoxy) is 1. The summed E-state index contributed by atoms with van der Waals surface area (Å²) in [7, 11) is 0. The van der Waals surface area contributed by atoms with E-state index in [4.69, 9.17) is 21.4 Å². The number of hydrogen-bond acceptors (Lipinski definition) is 3. The zero-order valence-corrected chi connectivity index (χ0v) is 15.0. The summed E-state index contributed by atoms with van der Waals surface area (Å²) in [6, 6.07) is 18.0. The van der Waals surface area contributed by atoms with Crippen molar-refractivity contribution in [2.45, 2.75) is 13.2 Å². The maximum Gasteiger partial charge on any atom is 0.335 e. The van der Waals surface area contributed by atoms with Gasteiger partial charge in [-0.15, -0.1) is 0 Å². The molecule has 0 unspecified atom stereocenters. The van der Waals surface area contributed by atoms with Gasteiger partial charge in [0, 0.05) is 22.8 Å². The zero-order valence-electron chi connectivity index (χ0n) is 14.3. The molecular formula is C21H17ClFNO3. The van der Waals surface area contributed by atoms with Crippen LogP contribution in [-0.4, -0.2) is 11.1 Å². The summed E-state index contributed by atoms with van der Waals surface area (Å²) in [6.07, 6.45) is 0. The Balaban J connectivity index is 1.72. The summed E-state index contributed by atoms with van der Waals surface area (Å²) < 4.78 is 19.1. The van der Waals surface area contributed by atoms with E-state index in [1.807, 2.05) is 0 Å². The molecule has 0 atom stereocenters. The summed E-state index contributed by atoms with van der Waals surface area (Å²) in [5.41, 5.74) is 2.40. The molecule has 0 spiro atoms. The van der Waals surface area contributed by atoms with E-state index in [2.05, 4.69) is 5.32 Å². The molecule has 3 rings (SSSR count). The first-order valence-corrected chi connectivity index (χ1v) is 8.62. The topological polar surface area (TPSA) is 58.6 Å². The molecule has 0 aliphatic heterocycles. The Hall–Kier alpha value is -3.05. The molecule has 6 heteroatoms. The summed E-state index contributed by atoms with van der Waals surface area (Å²) in [6.45, 7) is 0.614. The van der Waals surface area contributed by atoms with Gasteiger partial charge in [0.25, 0.3) is 0 Å². The number of rotatable bonds is 7. The Labute approximate surface area is 161 Å². The highest BCUT2D eigenvalue weighted by atomic mass is 35.5. The minimum atomic E-state index is -0.986. The second kappa shape index (κ2) is 8.56. The molecular weight excluding hydrogens is 369 g/mol. The van der Waals surface area contributed by atoms with Gasteiger partial charge < -0.3 is 15.2 Å². The molecule has 0 aromatic heterocycles. The lowest BCUT2D eigenvalue weighted by Gasteiger charge is -2.14. The lowest BCUT2D eigenvalue weighted by atomic mass is 10.1. The summed E-state index contributed by atoms with van der Waals surface area (Å²) in [5, 5.41) is 12.8. The molecule has 4 nitrogen and oxygen atoms in total. The van der Waals surface area contributed by atoms with E-state index in [0.29, 0.717) is 23.0 Å². The van der Waals surface area contributed by atoms with Gasteiger partial charge in [-0.2, -0.15) is 0 Å². The summed E-state index contributed by atoms with van der Waals surface area (Å²) in [4.78, 5) is 11.1. The minimum absolute atomic E-state index is 0.202. The van der Waals surface area contributed by atoms with Crippen LogP contribution in [-0.2, 0) is 13.2 Å². The van der Waals surface area contributed by atoms with E-state index in [1.165, 1.54) is 18.2 Å². The van der Waals surface area contributed by atoms with Gasteiger partial charge in [0.2, 0.25) is 0 Å². The smallest absolute Gasteiger partial charge is 0.335 e. The van der Waals surface area contributed by atoms with Crippen molar-refractivity contribution in [3.05, 3.63) is 94.3 Å². The Morgan fingerprint density at radius 3 is 2.67 bits per heavy atom. The molecule has 2 N–H and O–H groups in total. The van der Waals surface area contributed by atoms with Crippen molar-refractivity contribution in [1.82, 2.24) is 0 Å². The minimum Gasteiger partial charge on any atom is -0.489 e. The molecule has 3 aromatic rings. The van der Waals surface area contributed by atoms with Crippen molar-refractivity contribution < 1.29 is 19.0 Å². The Kier molecular flexibility index (Phi) is 5.94. The van der Waals surface area contributed by atoms with E-state index < -0.39 is 5.97 Å². The van der Waals surface area contributed by atoms with Crippen molar-refractivity contribution in [1.29, 1.82) is 0 Å². The third kappa shape index (κ3) is 5.21. The molecule has 0 aliphatic rings. The first-order chi connectivity index (χ1) is 13.0. The number of carboxylic acid groups (broad SMARTS) is 1. The van der Waals surface area contributed by atoms with Crippen molar-refractivity contribution >= 4 is 23.3 Å². The highest BCUT2D eigenvalue weighted by Crippen LogP contribution is 2.25. The molecule has 0 saturated carbocycles. The number of aromatic carboxylic acids is 1. The predicted molar refractivity (Wildman–Crippen MR) is 103 cm³/mol. The van der Waals surface area contributed by atoms with Crippen molar-refractivity contribution in [2.75, 3.05) is 5.32 Å². The molecule has 0 heterocycles. The highest BCUT2D eigenvalue weighted by Gasteiger charge is 2.08. The first kappa shape index (κ1) is 18.7. The number of nitrogens with one attached hydrogen (secondary N) is 1. The third-order valence-electron chi connectivity index (χ3n) is 3.90. The fraction of sp³-hybridized carbons (Fsp3) is 0.0952. The van der Waals surface area contributed by atoms with Crippen LogP contribution >= 0.6 is 11.6 Å². The molecule has 0 aliphatic carbocycles. The number of carbonyl (C=O) groups is 1. The average molecular weight is 386 g/mol. The normalized spacial score (nSPS) is 10.4. The van der Waals surface area contributed by atoms with Crippen molar-refractivity contribution in [3.8, 4) is 5.75 Å². The number of benzene rings is 3. The fourth-order valence-electron chi connectivity index (χ4n) is 2.57. The van der Waals surface area contributed by atoms with Gasteiger partial charge >= 0.3 is 5.97 Å². The van der Waals surface area contributed by atoms with Gasteiger partial charge in [0.05, 0.1) is 5.56 Å². The van der Waals surface area contributed by atoms with Crippen LogP contribution in [0.4, 0.5) is 10.1 Å². The molecule has 0 radical (unpaired) electrons. The van der Waals surface area contributed by atoms with E-state index in [-0.39, 0.29) is 18.0 Å². The lowest BCUT2D eigenvalue weighted by Crippen LogP contribution is -2.05. The Morgan fingerprint density at radius 1 is 1.07 bits per heavy atom. The van der Waals surface area contributed by atoms with Gasteiger partial charge in [-0.25, -0.2) is 9.18 Å². The lowest BCUT2D eigenvalue weighted by molar-refractivity contribution is 0.0697. The molecule has 0 fully saturated rings. The van der Waals surface area contributed by atoms with Gasteiger partial charge in [0.15, 0.2) is 0 Å². The Bertz CT molecular complexity index is 962. The van der Waals surface area contributed by atoms with Crippen LogP contribution in [0, 0.1) is 5.82 Å². The summed E-state index contributed by atoms with van der Waals surface area (Å²) in [5.74, 6) is -0.682. The van der Waals surface area contributed by atoms with Crippen molar-refractivity contribution in [2.24, 2.45) is 0 Å². The standard InChI is InChI=1S/C21H17ClFNO3/c22-17-7-8-20(27-13-14-3-1-5-18(23)9-14)16(10-17)12-24-19-6-2-4-15(11-19)21(25)26/h1-11,24H,12-13H2,(H,25,26). The van der Waals surface area contributed by atoms with Crippen LogP contribution in [0.5, 0.6) is 5.75 Å². The molecule has 0 bridgehead atoms. The van der Waals surface area contributed by atoms with Crippen LogP contribution < -0.4 is 10.1 Å². The predicted octanol–water partition coefficient (Wildman–Crippen LogP) is 5.37. The van der Waals surface area contributed by atoms with Crippen LogP contribution in [0.2, 0.25) is 5.02 Å². The second-order valence-corrected chi connectivity index (χ2v) is 6.35. The Morgan fingerprint density at radius 2 is 1.89 bits per heavy atom. The average Bonchev–Trinajstić information content (AvgIpc) is 2.66. The molecule has 27 heavy (non-hydrogen) atoms. The van der Waals surface area contributed by atoms with E-state index in [0.717, 1.165) is 11.1 Å². The first-order valence-electron chi connectivity index (χ1n) is 8.24. The maximum absolute atomic E-state index is 13.3. The third-order valence-corrected chi connectivity index (χ3v) is 4.13. The number of carboxylic acids is 1. The van der Waals surface area contributed by atoms with Gasteiger partial charge in [0.1, 0.15) is 18.2 Å². The van der Waals surface area contributed by atoms with Crippen molar-refractivity contribution in [3.63, 3.8) is 0 Å². The van der Waals surface area contributed by atoms with Crippen LogP contribution in [0.15, 0.2) is 66.7 Å². The highest BCUT2D eigenvalue weighted by molar-refractivity contribution is 6.30.